The third kappa shape index (κ3) is 5.14. The Bertz CT molecular complexity index is 4670. The summed E-state index contributed by atoms with van der Waals surface area (Å²) >= 11 is 0. The van der Waals surface area contributed by atoms with E-state index in [1.165, 1.54) is 136 Å². The molecule has 0 N–H and O–H groups in total. The summed E-state index contributed by atoms with van der Waals surface area (Å²) in [4.78, 5) is 0. The summed E-state index contributed by atoms with van der Waals surface area (Å²) in [6, 6.07) is 85.9. The highest BCUT2D eigenvalue weighted by Gasteiger charge is 2.22. The van der Waals surface area contributed by atoms with Gasteiger partial charge >= 0.3 is 0 Å². The van der Waals surface area contributed by atoms with E-state index in [4.69, 9.17) is 0 Å². The molecule has 16 aromatic rings. The molecule has 0 aliphatic carbocycles. The van der Waals surface area contributed by atoms with Gasteiger partial charge in [0, 0.05) is 60.8 Å². The largest absolute Gasteiger partial charge is 0.338 e. The molecule has 0 aliphatic heterocycles. The molecular weight excluding hydrogens is 849 g/mol. The summed E-state index contributed by atoms with van der Waals surface area (Å²) in [7, 11) is 0. The highest BCUT2D eigenvalue weighted by molar-refractivity contribution is 6.24. The van der Waals surface area contributed by atoms with Crippen LogP contribution in [0.5, 0.6) is 0 Å². The zero-order chi connectivity index (χ0) is 45.6. The zero-order valence-electron chi connectivity index (χ0n) is 38.1. The third-order valence-corrected chi connectivity index (χ3v) is 15.5. The Morgan fingerprint density at radius 3 is 1.09 bits per heavy atom. The minimum atomic E-state index is 0.852. The lowest BCUT2D eigenvalue weighted by Crippen LogP contribution is -2.05. The van der Waals surface area contributed by atoms with E-state index in [9.17, 15) is 0 Å². The van der Waals surface area contributed by atoms with E-state index in [1.54, 1.807) is 0 Å². The number of aromatic nitrogens is 4. The van der Waals surface area contributed by atoms with Gasteiger partial charge in [0.1, 0.15) is 0 Å². The summed E-state index contributed by atoms with van der Waals surface area (Å²) in [6.07, 6.45) is 0.901. The van der Waals surface area contributed by atoms with Gasteiger partial charge in [-0.15, -0.1) is 0 Å². The molecule has 0 saturated carbocycles. The van der Waals surface area contributed by atoms with Gasteiger partial charge in [0.05, 0.1) is 50.0 Å². The molecule has 4 nitrogen and oxygen atoms in total. The van der Waals surface area contributed by atoms with Crippen molar-refractivity contribution in [1.29, 1.82) is 0 Å². The second-order valence-electron chi connectivity index (χ2n) is 19.2. The molecule has 0 fully saturated rings. The molecule has 0 unspecified atom stereocenters. The van der Waals surface area contributed by atoms with Gasteiger partial charge in [0.15, 0.2) is 0 Å². The van der Waals surface area contributed by atoms with Gasteiger partial charge in [-0.25, -0.2) is 0 Å². The van der Waals surface area contributed by atoms with Crippen LogP contribution in [0.1, 0.15) is 5.56 Å². The molecule has 0 aliphatic rings. The minimum absolute atomic E-state index is 0.852. The predicted molar refractivity (Wildman–Crippen MR) is 296 cm³/mol. The Labute approximate surface area is 402 Å². The number of fused-ring (bicyclic) bond motifs is 12. The summed E-state index contributed by atoms with van der Waals surface area (Å²) < 4.78 is 10.0. The van der Waals surface area contributed by atoms with Crippen molar-refractivity contribution < 1.29 is 0 Å². The molecule has 326 valence electrons. The van der Waals surface area contributed by atoms with Crippen molar-refractivity contribution in [2.75, 3.05) is 0 Å². The topological polar surface area (TPSA) is 19.7 Å². The monoisotopic (exact) mass is 890 g/mol. The summed E-state index contributed by atoms with van der Waals surface area (Å²) in [5, 5.41) is 17.9. The SMILES string of the molecule is c1ccc2c(c1)c1cccc(-n3c4ccccc4c4ccccc43)c1n2CCc1cc2ccc3cc(-n4c5ccccc5c5cccc(-n6c7ccccc7c7ccccc76)c54)cc4ccc(c1)c2c34. The van der Waals surface area contributed by atoms with E-state index in [2.05, 4.69) is 249 Å². The summed E-state index contributed by atoms with van der Waals surface area (Å²) in [5.41, 5.74) is 14.7. The molecule has 4 aromatic heterocycles. The van der Waals surface area contributed by atoms with Crippen LogP contribution in [0.15, 0.2) is 231 Å². The van der Waals surface area contributed by atoms with Crippen molar-refractivity contribution in [1.82, 2.24) is 18.3 Å². The van der Waals surface area contributed by atoms with E-state index < -0.39 is 0 Å². The van der Waals surface area contributed by atoms with Crippen molar-refractivity contribution in [2.24, 2.45) is 0 Å². The molecule has 4 heteroatoms. The van der Waals surface area contributed by atoms with Gasteiger partial charge in [0.25, 0.3) is 0 Å². The highest BCUT2D eigenvalue weighted by Crippen LogP contribution is 2.43. The number of rotatable bonds is 6. The van der Waals surface area contributed by atoms with Crippen LogP contribution in [-0.4, -0.2) is 18.3 Å². The third-order valence-electron chi connectivity index (χ3n) is 15.5. The Kier molecular flexibility index (Phi) is 7.69. The number of hydrogen-bond donors (Lipinski definition) is 0. The number of para-hydroxylation sites is 8. The van der Waals surface area contributed by atoms with Crippen molar-refractivity contribution in [2.45, 2.75) is 13.0 Å². The Hall–Kier alpha value is -9.12. The first kappa shape index (κ1) is 37.9. The Balaban J connectivity index is 0.839. The van der Waals surface area contributed by atoms with Gasteiger partial charge in [-0.2, -0.15) is 0 Å². The summed E-state index contributed by atoms with van der Waals surface area (Å²) in [6.45, 7) is 0.852. The maximum absolute atomic E-state index is 2.58. The van der Waals surface area contributed by atoms with E-state index in [1.807, 2.05) is 0 Å². The number of nitrogens with zero attached hydrogens (tertiary/aromatic N) is 4. The highest BCUT2D eigenvalue weighted by atomic mass is 15.1. The van der Waals surface area contributed by atoms with Gasteiger partial charge < -0.3 is 18.3 Å². The van der Waals surface area contributed by atoms with Crippen LogP contribution in [0.2, 0.25) is 0 Å². The van der Waals surface area contributed by atoms with Crippen LogP contribution in [0.4, 0.5) is 0 Å². The van der Waals surface area contributed by atoms with Crippen LogP contribution < -0.4 is 0 Å². The molecule has 0 spiro atoms. The van der Waals surface area contributed by atoms with Gasteiger partial charge in [-0.05, 0) is 105 Å². The first-order valence-electron chi connectivity index (χ1n) is 24.5. The predicted octanol–water partition coefficient (Wildman–Crippen LogP) is 17.2. The van der Waals surface area contributed by atoms with Crippen LogP contribution in [0.25, 0.3) is 137 Å². The number of benzene rings is 12. The molecular formula is C66H42N4. The second-order valence-corrected chi connectivity index (χ2v) is 19.2. The van der Waals surface area contributed by atoms with Crippen LogP contribution in [0.3, 0.4) is 0 Å². The molecule has 0 saturated heterocycles. The van der Waals surface area contributed by atoms with E-state index in [0.717, 1.165) is 18.7 Å². The standard InChI is InChI=1S/C66H42N4/c1-7-23-55-51(19-1)53-21-13-29-61(69-57-25-9-2-15-47(57)48-16-3-10-26-58(48)69)65(53)67(55)36-35-41-37-42-31-33-44-39-46(40-45-34-32-43(38-41)63(42)64(44)45)68-56-24-8-6-20-52(56)54-22-14-30-62(66(54)68)70-59-27-11-4-17-49(59)50-18-5-12-28-60(50)70/h1-34,37-40H,35-36H2. The lowest BCUT2D eigenvalue weighted by Gasteiger charge is -2.17. The quantitative estimate of drug-likeness (QED) is 0.148. The second kappa shape index (κ2) is 14.2. The van der Waals surface area contributed by atoms with E-state index >= 15 is 0 Å². The maximum atomic E-state index is 2.58. The average Bonchev–Trinajstić information content (AvgIpc) is 4.15. The first-order valence-corrected chi connectivity index (χ1v) is 24.5. The number of aryl methyl sites for hydroxylation is 2. The molecule has 0 amide bonds. The molecule has 4 heterocycles. The minimum Gasteiger partial charge on any atom is -0.338 e. The molecule has 12 aromatic carbocycles. The Morgan fingerprint density at radius 1 is 0.271 bits per heavy atom. The van der Waals surface area contributed by atoms with Gasteiger partial charge in [-0.3, -0.25) is 0 Å². The molecule has 0 bridgehead atoms. The zero-order valence-corrected chi connectivity index (χ0v) is 38.1. The molecule has 16 rings (SSSR count). The van der Waals surface area contributed by atoms with E-state index in [-0.39, 0.29) is 0 Å². The van der Waals surface area contributed by atoms with Crippen LogP contribution in [0, 0.1) is 0 Å². The fraction of sp³-hybridized carbons (Fsp3) is 0.0303. The average molecular weight is 891 g/mol. The van der Waals surface area contributed by atoms with Gasteiger partial charge in [-0.1, -0.05) is 170 Å². The lowest BCUT2D eigenvalue weighted by molar-refractivity contribution is 0.744. The molecule has 0 atom stereocenters. The van der Waals surface area contributed by atoms with Gasteiger partial charge in [0.2, 0.25) is 0 Å². The maximum Gasteiger partial charge on any atom is 0.0782 e. The Morgan fingerprint density at radius 2 is 0.614 bits per heavy atom. The van der Waals surface area contributed by atoms with Crippen molar-refractivity contribution in [3.05, 3.63) is 236 Å². The van der Waals surface area contributed by atoms with Crippen LogP contribution in [-0.2, 0) is 13.0 Å². The van der Waals surface area contributed by atoms with Crippen molar-refractivity contribution in [3.63, 3.8) is 0 Å². The molecule has 70 heavy (non-hydrogen) atoms. The van der Waals surface area contributed by atoms with Crippen LogP contribution >= 0.6 is 0 Å². The lowest BCUT2D eigenvalue weighted by atomic mass is 9.92. The molecule has 0 radical (unpaired) electrons. The van der Waals surface area contributed by atoms with Crippen molar-refractivity contribution >= 4 is 120 Å². The fourth-order valence-corrected chi connectivity index (χ4v) is 12.7. The summed E-state index contributed by atoms with van der Waals surface area (Å²) in [5.74, 6) is 0. The van der Waals surface area contributed by atoms with Crippen molar-refractivity contribution in [3.8, 4) is 17.1 Å². The normalized spacial score (nSPS) is 12.4. The smallest absolute Gasteiger partial charge is 0.0782 e. The fourth-order valence-electron chi connectivity index (χ4n) is 12.7. The number of hydrogen-bond acceptors (Lipinski definition) is 0. The van der Waals surface area contributed by atoms with E-state index in [0.29, 0.717) is 0 Å². The first-order chi connectivity index (χ1) is 34.7.